The second-order valence-corrected chi connectivity index (χ2v) is 3.51. The molecule has 0 fully saturated rings. The average Bonchev–Trinajstić information content (AvgIpc) is 2.72. The summed E-state index contributed by atoms with van der Waals surface area (Å²) in [4.78, 5) is 3.15. The summed E-state index contributed by atoms with van der Waals surface area (Å²) in [5.74, 6) is 1.40. The van der Waals surface area contributed by atoms with Crippen LogP contribution in [0.25, 0.3) is 10.9 Å². The highest BCUT2D eigenvalue weighted by atomic mass is 16.5. The molecule has 0 saturated carbocycles. The smallest absolute Gasteiger partial charge is 0.184 e. The van der Waals surface area contributed by atoms with Gasteiger partial charge in [0.05, 0.1) is 19.7 Å². The second kappa shape index (κ2) is 4.45. The molecule has 0 atom stereocenters. The molecule has 4 heteroatoms. The Hall–Kier alpha value is -1.68. The van der Waals surface area contributed by atoms with Gasteiger partial charge in [-0.15, -0.1) is 0 Å². The Morgan fingerprint density at radius 1 is 1.25 bits per heavy atom. The van der Waals surface area contributed by atoms with Crippen LogP contribution >= 0.6 is 0 Å². The number of benzene rings is 1. The van der Waals surface area contributed by atoms with Gasteiger partial charge in [-0.1, -0.05) is 0 Å². The maximum Gasteiger partial charge on any atom is 0.184 e. The van der Waals surface area contributed by atoms with E-state index in [9.17, 15) is 0 Å². The quantitative estimate of drug-likeness (QED) is 0.826. The van der Waals surface area contributed by atoms with Crippen LogP contribution in [-0.4, -0.2) is 30.9 Å². The van der Waals surface area contributed by atoms with Crippen LogP contribution in [0.4, 0.5) is 0 Å². The number of hydrogen-bond acceptors (Lipinski definition) is 3. The van der Waals surface area contributed by atoms with E-state index in [-0.39, 0.29) is 6.61 Å². The third kappa shape index (κ3) is 1.61. The highest BCUT2D eigenvalue weighted by Crippen LogP contribution is 2.35. The van der Waals surface area contributed by atoms with Crippen molar-refractivity contribution < 1.29 is 14.6 Å². The molecule has 2 N–H and O–H groups in total. The number of aromatic amines is 1. The lowest BCUT2D eigenvalue weighted by atomic mass is 10.1. The van der Waals surface area contributed by atoms with E-state index < -0.39 is 0 Å². The van der Waals surface area contributed by atoms with Crippen LogP contribution in [0.15, 0.2) is 18.3 Å². The Kier molecular flexibility index (Phi) is 3.01. The molecule has 86 valence electrons. The maximum absolute atomic E-state index is 8.95. The zero-order chi connectivity index (χ0) is 11.5. The largest absolute Gasteiger partial charge is 0.493 e. The Morgan fingerprint density at radius 2 is 2.06 bits per heavy atom. The van der Waals surface area contributed by atoms with Crippen molar-refractivity contribution in [2.75, 3.05) is 20.8 Å². The molecule has 0 amide bonds. The Bertz CT molecular complexity index is 490. The lowest BCUT2D eigenvalue weighted by molar-refractivity contribution is 0.300. The normalized spacial score (nSPS) is 10.7. The Morgan fingerprint density at radius 3 is 2.69 bits per heavy atom. The number of aliphatic hydroxyl groups is 1. The van der Waals surface area contributed by atoms with E-state index in [0.717, 1.165) is 16.5 Å². The summed E-state index contributed by atoms with van der Waals surface area (Å²) in [7, 11) is 3.23. The van der Waals surface area contributed by atoms with Gasteiger partial charge in [0.1, 0.15) is 0 Å². The van der Waals surface area contributed by atoms with Crippen LogP contribution in [0.5, 0.6) is 11.5 Å². The standard InChI is InChI=1S/C12H15NO3/c1-15-10-4-3-9-8(5-6-14)7-13-11(9)12(10)16-2/h3-4,7,13-14H,5-6H2,1-2H3. The van der Waals surface area contributed by atoms with Gasteiger partial charge in [-0.05, 0) is 24.1 Å². The number of hydrogen-bond donors (Lipinski definition) is 2. The van der Waals surface area contributed by atoms with E-state index in [1.807, 2.05) is 18.3 Å². The number of H-pyrrole nitrogens is 1. The zero-order valence-corrected chi connectivity index (χ0v) is 9.41. The number of nitrogens with one attached hydrogen (secondary N) is 1. The minimum absolute atomic E-state index is 0.140. The molecule has 0 saturated heterocycles. The third-order valence-corrected chi connectivity index (χ3v) is 2.66. The van der Waals surface area contributed by atoms with Gasteiger partial charge in [-0.2, -0.15) is 0 Å². The van der Waals surface area contributed by atoms with Crippen molar-refractivity contribution in [3.05, 3.63) is 23.9 Å². The van der Waals surface area contributed by atoms with Gasteiger partial charge < -0.3 is 19.6 Å². The molecule has 0 unspecified atom stereocenters. The summed E-state index contributed by atoms with van der Waals surface area (Å²) in [5.41, 5.74) is 1.99. The third-order valence-electron chi connectivity index (χ3n) is 2.66. The van der Waals surface area contributed by atoms with E-state index >= 15 is 0 Å². The van der Waals surface area contributed by atoms with E-state index in [1.54, 1.807) is 14.2 Å². The van der Waals surface area contributed by atoms with Gasteiger partial charge in [0, 0.05) is 18.2 Å². The molecule has 2 rings (SSSR count). The van der Waals surface area contributed by atoms with Gasteiger partial charge in [0.2, 0.25) is 0 Å². The zero-order valence-electron chi connectivity index (χ0n) is 9.41. The molecule has 1 aromatic carbocycles. The van der Waals surface area contributed by atoms with Gasteiger partial charge in [0.15, 0.2) is 11.5 Å². The number of fused-ring (bicyclic) bond motifs is 1. The summed E-state index contributed by atoms with van der Waals surface area (Å²) in [6.07, 6.45) is 2.53. The first kappa shape index (κ1) is 10.8. The van der Waals surface area contributed by atoms with Crippen LogP contribution in [0.1, 0.15) is 5.56 Å². The van der Waals surface area contributed by atoms with Crippen LogP contribution in [0.2, 0.25) is 0 Å². The SMILES string of the molecule is COc1ccc2c(CCO)c[nH]c2c1OC. The summed E-state index contributed by atoms with van der Waals surface area (Å²) >= 11 is 0. The fourth-order valence-corrected chi connectivity index (χ4v) is 1.90. The van der Waals surface area contributed by atoms with E-state index in [2.05, 4.69) is 4.98 Å². The van der Waals surface area contributed by atoms with Gasteiger partial charge >= 0.3 is 0 Å². The van der Waals surface area contributed by atoms with Gasteiger partial charge in [-0.25, -0.2) is 0 Å². The molecule has 0 aliphatic heterocycles. The second-order valence-electron chi connectivity index (χ2n) is 3.51. The lowest BCUT2D eigenvalue weighted by Crippen LogP contribution is -1.92. The molecule has 1 aromatic heterocycles. The Balaban J connectivity index is 2.61. The highest BCUT2D eigenvalue weighted by Gasteiger charge is 2.12. The Labute approximate surface area is 93.8 Å². The molecular weight excluding hydrogens is 206 g/mol. The molecule has 0 spiro atoms. The summed E-state index contributed by atoms with van der Waals surface area (Å²) in [6.45, 7) is 0.140. The summed E-state index contributed by atoms with van der Waals surface area (Å²) in [5, 5.41) is 10.0. The number of aliphatic hydroxyl groups excluding tert-OH is 1. The minimum Gasteiger partial charge on any atom is -0.493 e. The maximum atomic E-state index is 8.95. The number of aromatic nitrogens is 1. The van der Waals surface area contributed by atoms with Crippen molar-refractivity contribution in [1.29, 1.82) is 0 Å². The molecule has 0 aliphatic carbocycles. The van der Waals surface area contributed by atoms with Crippen molar-refractivity contribution in [3.63, 3.8) is 0 Å². The molecular formula is C12H15NO3. The van der Waals surface area contributed by atoms with Crippen LogP contribution in [0.3, 0.4) is 0 Å². The van der Waals surface area contributed by atoms with Gasteiger partial charge in [-0.3, -0.25) is 0 Å². The summed E-state index contributed by atoms with van der Waals surface area (Å²) < 4.78 is 10.5. The highest BCUT2D eigenvalue weighted by molar-refractivity contribution is 5.90. The topological polar surface area (TPSA) is 54.5 Å². The number of methoxy groups -OCH3 is 2. The molecule has 0 radical (unpaired) electrons. The lowest BCUT2D eigenvalue weighted by Gasteiger charge is -2.08. The fraction of sp³-hybridized carbons (Fsp3) is 0.333. The molecule has 4 nitrogen and oxygen atoms in total. The molecule has 16 heavy (non-hydrogen) atoms. The van der Waals surface area contributed by atoms with Crippen LogP contribution in [-0.2, 0) is 6.42 Å². The molecule has 1 heterocycles. The summed E-state index contributed by atoms with van der Waals surface area (Å²) in [6, 6.07) is 3.84. The molecule has 0 aliphatic rings. The predicted molar refractivity (Wildman–Crippen MR) is 62.2 cm³/mol. The molecule has 2 aromatic rings. The van der Waals surface area contributed by atoms with Crippen molar-refractivity contribution >= 4 is 10.9 Å². The first-order chi connectivity index (χ1) is 7.81. The van der Waals surface area contributed by atoms with Crippen molar-refractivity contribution in [2.45, 2.75) is 6.42 Å². The van der Waals surface area contributed by atoms with Crippen molar-refractivity contribution in [1.82, 2.24) is 4.98 Å². The van der Waals surface area contributed by atoms with Crippen LogP contribution in [0, 0.1) is 0 Å². The van der Waals surface area contributed by atoms with Crippen molar-refractivity contribution in [3.8, 4) is 11.5 Å². The average molecular weight is 221 g/mol. The monoisotopic (exact) mass is 221 g/mol. The molecule has 0 bridgehead atoms. The van der Waals surface area contributed by atoms with Crippen LogP contribution < -0.4 is 9.47 Å². The van der Waals surface area contributed by atoms with Crippen molar-refractivity contribution in [2.24, 2.45) is 0 Å². The van der Waals surface area contributed by atoms with E-state index in [4.69, 9.17) is 14.6 Å². The van der Waals surface area contributed by atoms with E-state index in [0.29, 0.717) is 17.9 Å². The first-order valence-electron chi connectivity index (χ1n) is 5.13. The van der Waals surface area contributed by atoms with E-state index in [1.165, 1.54) is 0 Å². The first-order valence-corrected chi connectivity index (χ1v) is 5.13. The van der Waals surface area contributed by atoms with Gasteiger partial charge in [0.25, 0.3) is 0 Å². The number of ether oxygens (including phenoxy) is 2. The predicted octanol–water partition coefficient (Wildman–Crippen LogP) is 1.72. The number of rotatable bonds is 4. The minimum atomic E-state index is 0.140. The fourth-order valence-electron chi connectivity index (χ4n) is 1.90.